The average Bonchev–Trinajstić information content (AvgIpc) is 3.02. The topological polar surface area (TPSA) is 147 Å². The van der Waals surface area contributed by atoms with Crippen molar-refractivity contribution >= 4 is 39.3 Å². The van der Waals surface area contributed by atoms with E-state index in [9.17, 15) is 19.8 Å². The second-order valence-corrected chi connectivity index (χ2v) is 6.58. The Balaban J connectivity index is 2.00. The second-order valence-electron chi connectivity index (χ2n) is 5.72. The zero-order chi connectivity index (χ0) is 20.4. The number of hydrazone groups is 1. The van der Waals surface area contributed by atoms with Crippen LogP contribution in [-0.2, 0) is 13.6 Å². The van der Waals surface area contributed by atoms with Crippen LogP contribution in [0.25, 0.3) is 11.2 Å². The number of nitrogens with one attached hydrogen (secondary N) is 2. The minimum atomic E-state index is -0.608. The molecule has 0 unspecified atom stereocenters. The number of nitrogens with zero attached hydrogens (tertiary/aromatic N) is 4. The Kier molecular flexibility index (Phi) is 5.51. The van der Waals surface area contributed by atoms with Gasteiger partial charge in [0, 0.05) is 13.6 Å². The number of phenols is 1. The summed E-state index contributed by atoms with van der Waals surface area (Å²) < 4.78 is 8.14. The highest BCUT2D eigenvalue weighted by atomic mass is 79.9. The molecule has 3 rings (SSSR count). The van der Waals surface area contributed by atoms with Crippen molar-refractivity contribution in [3.8, 4) is 11.5 Å². The third-order valence-electron chi connectivity index (χ3n) is 3.98. The van der Waals surface area contributed by atoms with Crippen molar-refractivity contribution in [2.24, 2.45) is 12.1 Å². The fourth-order valence-corrected chi connectivity index (χ4v) is 3.09. The summed E-state index contributed by atoms with van der Waals surface area (Å²) >= 11 is 3.23. The number of hydrogen-bond donors (Lipinski definition) is 4. The molecule has 0 aliphatic rings. The van der Waals surface area contributed by atoms with E-state index in [1.807, 2.05) is 0 Å². The summed E-state index contributed by atoms with van der Waals surface area (Å²) in [6, 6.07) is 3.21. The molecule has 0 aliphatic carbocycles. The molecular formula is C16H17BrN6O5. The van der Waals surface area contributed by atoms with Gasteiger partial charge in [-0.15, -0.1) is 0 Å². The van der Waals surface area contributed by atoms with E-state index in [1.165, 1.54) is 29.5 Å². The van der Waals surface area contributed by atoms with Gasteiger partial charge in [0.2, 0.25) is 5.95 Å². The maximum absolute atomic E-state index is 12.2. The molecule has 28 heavy (non-hydrogen) atoms. The number of rotatable bonds is 6. The number of methoxy groups -OCH3 is 1. The van der Waals surface area contributed by atoms with E-state index in [0.29, 0.717) is 10.0 Å². The predicted molar refractivity (Wildman–Crippen MR) is 106 cm³/mol. The lowest BCUT2D eigenvalue weighted by atomic mass is 10.2. The van der Waals surface area contributed by atoms with Gasteiger partial charge in [0.25, 0.3) is 5.56 Å². The number of H-pyrrole nitrogens is 1. The van der Waals surface area contributed by atoms with Crippen molar-refractivity contribution in [2.75, 3.05) is 19.1 Å². The van der Waals surface area contributed by atoms with Crippen LogP contribution in [0, 0.1) is 0 Å². The van der Waals surface area contributed by atoms with Crippen LogP contribution in [0.2, 0.25) is 0 Å². The molecule has 0 bridgehead atoms. The van der Waals surface area contributed by atoms with Crippen LogP contribution in [0.5, 0.6) is 11.5 Å². The SMILES string of the molecule is COc1cc(C=NNc2nc3c(c(=O)[nH]c(=O)n3C)n2CCO)cc(Br)c1O. The standard InChI is InChI=1S/C16H17BrN6O5/c1-22-13-11(14(26)20-16(22)27)23(3-4-24)15(19-13)21-18-7-8-5-9(17)12(25)10(6-8)28-2/h5-7,24-25H,3-4H2,1-2H3,(H,19,21)(H,20,26,27). The van der Waals surface area contributed by atoms with E-state index in [0.717, 1.165) is 0 Å². The first-order valence-electron chi connectivity index (χ1n) is 8.03. The van der Waals surface area contributed by atoms with Crippen LogP contribution in [0.15, 0.2) is 31.3 Å². The Labute approximate surface area is 166 Å². The molecule has 12 heteroatoms. The van der Waals surface area contributed by atoms with Crippen LogP contribution in [-0.4, -0.2) is 49.2 Å². The number of imidazole rings is 1. The van der Waals surface area contributed by atoms with Crippen LogP contribution in [0.3, 0.4) is 0 Å². The number of aliphatic hydroxyl groups excluding tert-OH is 1. The van der Waals surface area contributed by atoms with Gasteiger partial charge < -0.3 is 19.5 Å². The molecule has 0 atom stereocenters. The lowest BCUT2D eigenvalue weighted by Gasteiger charge is -2.07. The maximum Gasteiger partial charge on any atom is 0.329 e. The van der Waals surface area contributed by atoms with Gasteiger partial charge >= 0.3 is 5.69 Å². The number of anilines is 1. The molecule has 0 radical (unpaired) electrons. The minimum Gasteiger partial charge on any atom is -0.503 e. The van der Waals surface area contributed by atoms with Crippen molar-refractivity contribution in [1.29, 1.82) is 0 Å². The highest BCUT2D eigenvalue weighted by molar-refractivity contribution is 9.10. The summed E-state index contributed by atoms with van der Waals surface area (Å²) in [5, 5.41) is 23.2. The molecule has 0 aliphatic heterocycles. The van der Waals surface area contributed by atoms with Gasteiger partial charge in [-0.1, -0.05) is 0 Å². The number of aromatic amines is 1. The third kappa shape index (κ3) is 3.51. The highest BCUT2D eigenvalue weighted by Crippen LogP contribution is 2.34. The zero-order valence-electron chi connectivity index (χ0n) is 14.9. The lowest BCUT2D eigenvalue weighted by Crippen LogP contribution is -2.29. The molecule has 0 amide bonds. The van der Waals surface area contributed by atoms with E-state index >= 15 is 0 Å². The van der Waals surface area contributed by atoms with Gasteiger partial charge in [-0.25, -0.2) is 10.2 Å². The monoisotopic (exact) mass is 452 g/mol. The molecule has 148 valence electrons. The molecule has 3 aromatic rings. The molecule has 4 N–H and O–H groups in total. The fraction of sp³-hybridized carbons (Fsp3) is 0.250. The fourth-order valence-electron chi connectivity index (χ4n) is 2.63. The molecule has 0 saturated heterocycles. The molecule has 2 aromatic heterocycles. The quantitative estimate of drug-likeness (QED) is 0.311. The number of halogens is 1. The van der Waals surface area contributed by atoms with Gasteiger partial charge in [-0.05, 0) is 33.6 Å². The van der Waals surface area contributed by atoms with E-state index in [2.05, 4.69) is 36.4 Å². The third-order valence-corrected chi connectivity index (χ3v) is 4.58. The van der Waals surface area contributed by atoms with Gasteiger partial charge in [0.1, 0.15) is 0 Å². The summed E-state index contributed by atoms with van der Waals surface area (Å²) in [5.41, 5.74) is 2.42. The van der Waals surface area contributed by atoms with Gasteiger partial charge in [0.05, 0.1) is 24.4 Å². The number of ether oxygens (including phenoxy) is 1. The summed E-state index contributed by atoms with van der Waals surface area (Å²) in [7, 11) is 2.91. The Hall–Kier alpha value is -3.12. The summed E-state index contributed by atoms with van der Waals surface area (Å²) in [6.45, 7) is -0.164. The number of aryl methyl sites for hydroxylation is 1. The number of hydrogen-bond acceptors (Lipinski definition) is 8. The number of aliphatic hydroxyl groups is 1. The van der Waals surface area contributed by atoms with E-state index in [1.54, 1.807) is 12.1 Å². The molecular weight excluding hydrogens is 436 g/mol. The normalized spacial score (nSPS) is 11.4. The first-order chi connectivity index (χ1) is 13.4. The molecule has 0 saturated carbocycles. The summed E-state index contributed by atoms with van der Waals surface area (Å²) in [4.78, 5) is 30.4. The Morgan fingerprint density at radius 3 is 2.86 bits per heavy atom. The maximum atomic E-state index is 12.2. The Morgan fingerprint density at radius 1 is 1.43 bits per heavy atom. The number of phenolic OH excluding ortho intramolecular Hbond substituents is 1. The Bertz CT molecular complexity index is 1180. The first-order valence-corrected chi connectivity index (χ1v) is 8.82. The van der Waals surface area contributed by atoms with Gasteiger partial charge in [-0.2, -0.15) is 10.1 Å². The zero-order valence-corrected chi connectivity index (χ0v) is 16.5. The van der Waals surface area contributed by atoms with E-state index in [-0.39, 0.29) is 41.8 Å². The van der Waals surface area contributed by atoms with Crippen LogP contribution >= 0.6 is 15.9 Å². The summed E-state index contributed by atoms with van der Waals surface area (Å²) in [6.07, 6.45) is 1.46. The van der Waals surface area contributed by atoms with Crippen LogP contribution in [0.1, 0.15) is 5.56 Å². The lowest BCUT2D eigenvalue weighted by molar-refractivity contribution is 0.278. The van der Waals surface area contributed by atoms with Gasteiger partial charge in [-0.3, -0.25) is 14.3 Å². The number of benzene rings is 1. The minimum absolute atomic E-state index is 0.0301. The molecule has 1 aromatic carbocycles. The molecule has 0 fully saturated rings. The summed E-state index contributed by atoms with van der Waals surface area (Å²) in [5.74, 6) is 0.416. The van der Waals surface area contributed by atoms with Crippen molar-refractivity contribution in [3.63, 3.8) is 0 Å². The first kappa shape index (κ1) is 19.6. The van der Waals surface area contributed by atoms with Crippen molar-refractivity contribution in [3.05, 3.63) is 43.0 Å². The molecule has 2 heterocycles. The second kappa shape index (κ2) is 7.86. The molecule has 11 nitrogen and oxygen atoms in total. The van der Waals surface area contributed by atoms with Crippen molar-refractivity contribution in [2.45, 2.75) is 6.54 Å². The number of aromatic nitrogens is 4. The Morgan fingerprint density at radius 2 is 2.18 bits per heavy atom. The smallest absolute Gasteiger partial charge is 0.329 e. The van der Waals surface area contributed by atoms with Gasteiger partial charge in [0.15, 0.2) is 22.7 Å². The van der Waals surface area contributed by atoms with E-state index < -0.39 is 11.2 Å². The van der Waals surface area contributed by atoms with E-state index in [4.69, 9.17) is 4.74 Å². The number of fused-ring (bicyclic) bond motifs is 1. The average molecular weight is 453 g/mol. The van der Waals surface area contributed by atoms with Crippen LogP contribution < -0.4 is 21.4 Å². The highest BCUT2D eigenvalue weighted by Gasteiger charge is 2.16. The molecule has 0 spiro atoms. The van der Waals surface area contributed by atoms with Crippen molar-refractivity contribution < 1.29 is 14.9 Å². The van der Waals surface area contributed by atoms with Crippen molar-refractivity contribution in [1.82, 2.24) is 19.1 Å². The predicted octanol–water partition coefficient (Wildman–Crippen LogP) is 0.338. The number of aromatic hydroxyl groups is 1. The van der Waals surface area contributed by atoms with Crippen LogP contribution in [0.4, 0.5) is 5.95 Å². The largest absolute Gasteiger partial charge is 0.503 e.